The van der Waals surface area contributed by atoms with Gasteiger partial charge < -0.3 is 4.57 Å². The second-order valence-electron chi connectivity index (χ2n) is 5.40. The summed E-state index contributed by atoms with van der Waals surface area (Å²) >= 11 is 1.10. The average Bonchev–Trinajstić information content (AvgIpc) is 2.62. The zero-order valence-corrected chi connectivity index (χ0v) is 15.5. The van der Waals surface area contributed by atoms with Gasteiger partial charge in [-0.1, -0.05) is 33.4 Å². The molecule has 0 radical (unpaired) electrons. The monoisotopic (exact) mass is 417 g/mol. The number of para-hydroxylation sites is 1. The Bertz CT molecular complexity index is 884. The van der Waals surface area contributed by atoms with Gasteiger partial charge in [-0.3, -0.25) is 14.9 Å². The number of halogens is 3. The van der Waals surface area contributed by atoms with Gasteiger partial charge in [-0.25, -0.2) is 4.31 Å². The van der Waals surface area contributed by atoms with E-state index in [1.165, 1.54) is 10.6 Å². The number of rotatable bonds is 3. The summed E-state index contributed by atoms with van der Waals surface area (Å²) < 4.78 is 41.6. The van der Waals surface area contributed by atoms with Crippen LogP contribution in [0.15, 0.2) is 46.1 Å². The highest BCUT2D eigenvalue weighted by Crippen LogP contribution is 2.34. The summed E-state index contributed by atoms with van der Waals surface area (Å²) in [6.07, 6.45) is -4.59. The molecule has 28 heavy (non-hydrogen) atoms. The summed E-state index contributed by atoms with van der Waals surface area (Å²) in [5, 5.41) is 11.1. The van der Waals surface area contributed by atoms with Gasteiger partial charge in [-0.15, -0.1) is 0 Å². The van der Waals surface area contributed by atoms with Gasteiger partial charge in [0.15, 0.2) is 0 Å². The van der Waals surface area contributed by atoms with Crippen LogP contribution in [0.25, 0.3) is 0 Å². The van der Waals surface area contributed by atoms with E-state index in [4.69, 9.17) is 0 Å². The Labute approximate surface area is 165 Å². The van der Waals surface area contributed by atoms with Crippen molar-refractivity contribution < 1.29 is 18.1 Å². The molecule has 0 spiro atoms. The molecule has 2 heterocycles. The molecule has 1 aromatic carbocycles. The number of hydrogen-bond acceptors (Lipinski definition) is 5. The highest BCUT2D eigenvalue weighted by molar-refractivity contribution is 7.97. The first-order chi connectivity index (χ1) is 12.8. The topological polar surface area (TPSA) is 68.4 Å². The second kappa shape index (κ2) is 9.74. The summed E-state index contributed by atoms with van der Waals surface area (Å²) in [6, 6.07) is 7.69. The molecule has 0 unspecified atom stereocenters. The van der Waals surface area contributed by atoms with E-state index in [0.29, 0.717) is 17.5 Å². The van der Waals surface area contributed by atoms with Gasteiger partial charge in [0.25, 0.3) is 11.2 Å². The SMILES string of the molecule is C.CC.O=c1cc(C(F)(F)F)cc2n1CCN(Sc1ccccc1[N+](=O)[O-])C2. The molecule has 0 N–H and O–H groups in total. The fourth-order valence-corrected chi connectivity index (χ4v) is 3.60. The maximum Gasteiger partial charge on any atom is 0.416 e. The quantitative estimate of drug-likeness (QED) is 0.401. The smallest absolute Gasteiger partial charge is 0.310 e. The second-order valence-corrected chi connectivity index (χ2v) is 6.54. The molecular formula is C18H22F3N3O3S. The number of nitro benzene ring substituents is 1. The maximum absolute atomic E-state index is 12.9. The van der Waals surface area contributed by atoms with Gasteiger partial charge in [0, 0.05) is 37.5 Å². The Hall–Kier alpha value is -2.33. The number of aromatic nitrogens is 1. The Morgan fingerprint density at radius 2 is 1.79 bits per heavy atom. The van der Waals surface area contributed by atoms with Crippen molar-refractivity contribution in [3.05, 3.63) is 68.1 Å². The molecule has 0 saturated heterocycles. The molecule has 1 aliphatic heterocycles. The maximum atomic E-state index is 12.9. The van der Waals surface area contributed by atoms with Gasteiger partial charge in [0.1, 0.15) is 4.90 Å². The predicted molar refractivity (Wildman–Crippen MR) is 103 cm³/mol. The van der Waals surface area contributed by atoms with Crippen molar-refractivity contribution in [2.45, 2.75) is 45.4 Å². The van der Waals surface area contributed by atoms with Crippen molar-refractivity contribution in [3.8, 4) is 0 Å². The first-order valence-electron chi connectivity index (χ1n) is 8.23. The molecule has 154 valence electrons. The third kappa shape index (κ3) is 5.35. The van der Waals surface area contributed by atoms with Gasteiger partial charge in [0.05, 0.1) is 10.5 Å². The van der Waals surface area contributed by atoms with Gasteiger partial charge in [-0.05, 0) is 24.1 Å². The van der Waals surface area contributed by atoms with Crippen LogP contribution in [-0.2, 0) is 19.3 Å². The van der Waals surface area contributed by atoms with Crippen LogP contribution in [0.4, 0.5) is 18.9 Å². The summed E-state index contributed by atoms with van der Waals surface area (Å²) in [5.41, 5.74) is -1.52. The van der Waals surface area contributed by atoms with E-state index in [9.17, 15) is 28.1 Å². The molecule has 1 aromatic heterocycles. The first-order valence-corrected chi connectivity index (χ1v) is 9.00. The molecule has 0 fully saturated rings. The minimum atomic E-state index is -4.59. The number of nitrogens with zero attached hydrogens (tertiary/aromatic N) is 3. The molecule has 0 aliphatic carbocycles. The number of fused-ring (bicyclic) bond motifs is 1. The van der Waals surface area contributed by atoms with Gasteiger partial charge in [-0.2, -0.15) is 13.2 Å². The normalized spacial score (nSPS) is 13.6. The zero-order valence-electron chi connectivity index (χ0n) is 14.7. The molecule has 0 atom stereocenters. The van der Waals surface area contributed by atoms with Crippen LogP contribution in [0.1, 0.15) is 32.5 Å². The minimum absolute atomic E-state index is 0. The van der Waals surface area contributed by atoms with Crippen molar-refractivity contribution in [2.24, 2.45) is 0 Å². The highest BCUT2D eigenvalue weighted by atomic mass is 32.2. The predicted octanol–water partition coefficient (Wildman–Crippen LogP) is 4.96. The van der Waals surface area contributed by atoms with E-state index in [2.05, 4.69) is 0 Å². The van der Waals surface area contributed by atoms with Gasteiger partial charge >= 0.3 is 6.18 Å². The van der Waals surface area contributed by atoms with E-state index >= 15 is 0 Å². The molecule has 6 nitrogen and oxygen atoms in total. The Kier molecular flexibility index (Phi) is 8.25. The Morgan fingerprint density at radius 3 is 2.39 bits per heavy atom. The summed E-state index contributed by atoms with van der Waals surface area (Å²) in [5.74, 6) is 0. The van der Waals surface area contributed by atoms with Crippen LogP contribution < -0.4 is 5.56 Å². The largest absolute Gasteiger partial charge is 0.416 e. The lowest BCUT2D eigenvalue weighted by Gasteiger charge is -2.29. The number of alkyl halides is 3. The first kappa shape index (κ1) is 23.7. The minimum Gasteiger partial charge on any atom is -0.310 e. The van der Waals surface area contributed by atoms with Crippen molar-refractivity contribution in [3.63, 3.8) is 0 Å². The molecule has 0 saturated carbocycles. The molecule has 10 heteroatoms. The average molecular weight is 417 g/mol. The summed E-state index contributed by atoms with van der Waals surface area (Å²) in [7, 11) is 0. The fourth-order valence-electron chi connectivity index (χ4n) is 2.57. The lowest BCUT2D eigenvalue weighted by Crippen LogP contribution is -2.36. The van der Waals surface area contributed by atoms with Crippen LogP contribution in [-0.4, -0.2) is 20.3 Å². The van der Waals surface area contributed by atoms with E-state index in [0.717, 1.165) is 18.0 Å². The molecule has 2 aromatic rings. The molecular weight excluding hydrogens is 395 g/mol. The third-order valence-electron chi connectivity index (χ3n) is 3.74. The molecule has 1 aliphatic rings. The van der Waals surface area contributed by atoms with Crippen molar-refractivity contribution >= 4 is 17.6 Å². The third-order valence-corrected chi connectivity index (χ3v) is 4.85. The van der Waals surface area contributed by atoms with E-state index in [-0.39, 0.29) is 31.9 Å². The molecule has 0 bridgehead atoms. The lowest BCUT2D eigenvalue weighted by molar-refractivity contribution is -0.387. The van der Waals surface area contributed by atoms with E-state index < -0.39 is 22.2 Å². The standard InChI is InChI=1S/C15H12F3N3O3S.C2H6.CH4/c16-15(17,18)10-7-11-9-19(5-6-20(11)14(22)8-10)25-13-4-2-1-3-12(13)21(23)24;1-2;/h1-4,7-8H,5-6,9H2;1-2H3;1H4. The number of benzene rings is 1. The van der Waals surface area contributed by atoms with Crippen LogP contribution >= 0.6 is 11.9 Å². The Morgan fingerprint density at radius 1 is 1.14 bits per heavy atom. The zero-order chi connectivity index (χ0) is 20.2. The summed E-state index contributed by atoms with van der Waals surface area (Å²) in [6.45, 7) is 4.69. The lowest BCUT2D eigenvalue weighted by atomic mass is 10.2. The van der Waals surface area contributed by atoms with E-state index in [1.807, 2.05) is 13.8 Å². The van der Waals surface area contributed by atoms with Crippen molar-refractivity contribution in [1.82, 2.24) is 8.87 Å². The number of nitro groups is 1. The number of pyridine rings is 1. The van der Waals surface area contributed by atoms with Crippen LogP contribution in [0.5, 0.6) is 0 Å². The van der Waals surface area contributed by atoms with Crippen molar-refractivity contribution in [1.29, 1.82) is 0 Å². The van der Waals surface area contributed by atoms with Crippen LogP contribution in [0.2, 0.25) is 0 Å². The highest BCUT2D eigenvalue weighted by Gasteiger charge is 2.33. The van der Waals surface area contributed by atoms with Gasteiger partial charge in [0.2, 0.25) is 0 Å². The summed E-state index contributed by atoms with van der Waals surface area (Å²) in [4.78, 5) is 22.8. The fraction of sp³-hybridized carbons (Fsp3) is 0.389. The van der Waals surface area contributed by atoms with Crippen molar-refractivity contribution in [2.75, 3.05) is 6.54 Å². The Balaban J connectivity index is 0.00000127. The van der Waals surface area contributed by atoms with Crippen LogP contribution in [0.3, 0.4) is 0 Å². The van der Waals surface area contributed by atoms with E-state index in [1.54, 1.807) is 22.5 Å². The van der Waals surface area contributed by atoms with Crippen LogP contribution in [0, 0.1) is 10.1 Å². The number of hydrogen-bond donors (Lipinski definition) is 0. The molecule has 0 amide bonds. The molecule has 3 rings (SSSR count).